The molecule has 2 aromatic rings. The first-order valence-electron chi connectivity index (χ1n) is 32.3. The SMILES string of the molecule is O.O=CCN1CCN(CC(=O)O)CCN(CC(=O)O)CCN(C(CCCNc2c(NCCCCCNC(=O)CCCCN3CCCN(Cc4ccc(CN5CCCNCCNCCCNCC5)cc4)CCNCCCNCC3)c(=O)c2=O)C(=O)O)CC1.[Gd+3]. The molecule has 0 spiro atoms. The summed E-state index contributed by atoms with van der Waals surface area (Å²) in [5, 5.41) is 56.6. The first-order chi connectivity index (χ1) is 41.9. The number of nitrogens with one attached hydrogen (secondary N) is 8. The van der Waals surface area contributed by atoms with Crippen LogP contribution in [0.3, 0.4) is 0 Å². The Morgan fingerprint density at radius 1 is 0.489 bits per heavy atom. The van der Waals surface area contributed by atoms with Crippen molar-refractivity contribution in [1.82, 2.24) is 66.2 Å². The van der Waals surface area contributed by atoms with Crippen molar-refractivity contribution in [3.63, 3.8) is 0 Å². The van der Waals surface area contributed by atoms with Crippen molar-refractivity contribution >= 4 is 41.5 Å². The molecule has 3 fully saturated rings. The van der Waals surface area contributed by atoms with Gasteiger partial charge in [0, 0.05) is 144 Å². The summed E-state index contributed by atoms with van der Waals surface area (Å²) in [6.07, 6.45) is 10.3. The van der Waals surface area contributed by atoms with E-state index < -0.39 is 34.8 Å². The van der Waals surface area contributed by atoms with Crippen LogP contribution in [-0.4, -0.2) is 294 Å². The molecule has 3 heterocycles. The minimum Gasteiger partial charge on any atom is -0.480 e. The molecule has 0 aromatic heterocycles. The Bertz CT molecular complexity index is 2290. The second kappa shape index (κ2) is 48.1. The minimum absolute atomic E-state index is 0. The summed E-state index contributed by atoms with van der Waals surface area (Å²) >= 11 is 0. The van der Waals surface area contributed by atoms with Crippen LogP contribution < -0.4 is 53.4 Å². The van der Waals surface area contributed by atoms with Gasteiger partial charge in [0.15, 0.2) is 0 Å². The van der Waals surface area contributed by atoms with Crippen molar-refractivity contribution in [2.75, 3.05) is 214 Å². The fraction of sp³-hybridized carbons (Fsp3) is 0.754. The summed E-state index contributed by atoms with van der Waals surface area (Å²) in [5.74, 6) is -3.08. The van der Waals surface area contributed by atoms with Gasteiger partial charge in [0.05, 0.1) is 19.6 Å². The summed E-state index contributed by atoms with van der Waals surface area (Å²) in [5.41, 5.74) is 1.89. The zero-order valence-electron chi connectivity index (χ0n) is 52.5. The van der Waals surface area contributed by atoms with Crippen LogP contribution in [-0.2, 0) is 37.1 Å². The number of aldehydes is 1. The third-order valence-corrected chi connectivity index (χ3v) is 16.4. The molecule has 1 unspecified atom stereocenters. The van der Waals surface area contributed by atoms with Gasteiger partial charge in [-0.15, -0.1) is 0 Å². The summed E-state index contributed by atoms with van der Waals surface area (Å²) in [4.78, 5) is 100. The number of benzene rings is 1. The molecule has 1 atom stereocenters. The van der Waals surface area contributed by atoms with Crippen molar-refractivity contribution in [2.24, 2.45) is 0 Å². The number of hydrogen-bond acceptors (Lipinski definition) is 21. The Labute approximate surface area is 554 Å². The van der Waals surface area contributed by atoms with Crippen molar-refractivity contribution in [2.45, 2.75) is 96.2 Å². The van der Waals surface area contributed by atoms with E-state index in [0.717, 1.165) is 188 Å². The molecule has 2 aromatic carbocycles. The Kier molecular flexibility index (Phi) is 42.9. The van der Waals surface area contributed by atoms with Gasteiger partial charge in [0.25, 0.3) is 10.9 Å². The number of anilines is 2. The fourth-order valence-electron chi connectivity index (χ4n) is 11.4. The van der Waals surface area contributed by atoms with Crippen molar-refractivity contribution < 1.29 is 84.7 Å². The van der Waals surface area contributed by atoms with E-state index in [1.165, 1.54) is 11.1 Å². The number of aliphatic carboxylic acids is 3. The van der Waals surface area contributed by atoms with Crippen LogP contribution in [0.25, 0.3) is 0 Å². The monoisotopic (exact) mass is 1390 g/mol. The van der Waals surface area contributed by atoms with E-state index in [0.29, 0.717) is 45.6 Å². The Morgan fingerprint density at radius 2 is 0.943 bits per heavy atom. The molecule has 1 amide bonds. The molecular weight excluding hydrogens is 1280 g/mol. The van der Waals surface area contributed by atoms with Gasteiger partial charge in [0.2, 0.25) is 5.91 Å². The van der Waals surface area contributed by atoms with Crippen LogP contribution in [0.15, 0.2) is 33.9 Å². The van der Waals surface area contributed by atoms with E-state index in [1.54, 1.807) is 14.7 Å². The maximum atomic E-state index is 12.8. The van der Waals surface area contributed by atoms with Gasteiger partial charge in [-0.25, -0.2) is 0 Å². The first kappa shape index (κ1) is 78.5. The zero-order chi connectivity index (χ0) is 61.4. The number of carboxylic acids is 3. The maximum Gasteiger partial charge on any atom is 3.00 e. The number of unbranched alkanes of at least 4 members (excludes halogenated alkanes) is 3. The van der Waals surface area contributed by atoms with E-state index in [1.807, 2.05) is 4.90 Å². The summed E-state index contributed by atoms with van der Waals surface area (Å²) < 4.78 is 0. The largest absolute Gasteiger partial charge is 3.00 e. The molecule has 3 aliphatic heterocycles. The predicted octanol–water partition coefficient (Wildman–Crippen LogP) is -1.30. The molecule has 0 aliphatic carbocycles. The molecular formula is C61H109GdN15O11+3. The number of carboxylic acid groups (broad SMARTS) is 3. The number of carbonyl (C=O) groups is 5. The van der Waals surface area contributed by atoms with Crippen LogP contribution >= 0.6 is 0 Å². The molecule has 499 valence electrons. The number of hydrogen-bond donors (Lipinski definition) is 11. The maximum absolute atomic E-state index is 12.8. The summed E-state index contributed by atoms with van der Waals surface area (Å²) in [6, 6.07) is 8.36. The summed E-state index contributed by atoms with van der Waals surface area (Å²) in [6.45, 7) is 22.3. The van der Waals surface area contributed by atoms with Gasteiger partial charge >= 0.3 is 57.8 Å². The molecule has 0 bridgehead atoms. The Hall–Kier alpha value is -3.75. The second-order valence-corrected chi connectivity index (χ2v) is 23.3. The van der Waals surface area contributed by atoms with Gasteiger partial charge < -0.3 is 73.0 Å². The standard InChI is InChI=1S/C61H107N15O10.Gd.H2O/c77-46-45-71-37-38-74(49-55(79)80)39-40-75(50-56(81)82)42-44-76(43-41-71)53(61(85)86)11-6-24-69-58-57(59(83)60(58)84)68-23-4-1-3-22-67-54(78)12-2-5-30-70-32-10-33-73(36-29-66-20-8-19-64-27-34-70)48-52-15-13-51(14-16-52)47-72-31-9-21-63-26-25-62-17-7-18-65-28-35-72;;/h13-16,46,53,62-66,68-69H,1-12,17-45,47-50H2,(H,67,78)(H,79,80)(H,81,82)(H,85,86);;1H2/q;+3;. The van der Waals surface area contributed by atoms with Crippen LogP contribution in [0, 0.1) is 39.9 Å². The van der Waals surface area contributed by atoms with Crippen LogP contribution in [0.1, 0.15) is 88.2 Å². The average Bonchev–Trinajstić information content (AvgIpc) is 1.94. The van der Waals surface area contributed by atoms with E-state index >= 15 is 0 Å². The molecule has 5 rings (SSSR count). The number of rotatable bonds is 29. The van der Waals surface area contributed by atoms with Crippen molar-refractivity contribution in [3.8, 4) is 0 Å². The normalized spacial score (nSPS) is 19.2. The Morgan fingerprint density at radius 3 is 1.48 bits per heavy atom. The first-order valence-corrected chi connectivity index (χ1v) is 32.3. The van der Waals surface area contributed by atoms with Gasteiger partial charge in [0.1, 0.15) is 23.7 Å². The van der Waals surface area contributed by atoms with Crippen LogP contribution in [0.2, 0.25) is 0 Å². The average molecular weight is 1390 g/mol. The zero-order valence-corrected chi connectivity index (χ0v) is 54.7. The topological polar surface area (TPSA) is 331 Å². The van der Waals surface area contributed by atoms with Gasteiger partial charge in [-0.1, -0.05) is 24.3 Å². The van der Waals surface area contributed by atoms with E-state index in [-0.39, 0.29) is 128 Å². The van der Waals surface area contributed by atoms with Gasteiger partial charge in [-0.2, -0.15) is 0 Å². The van der Waals surface area contributed by atoms with E-state index in [2.05, 4.69) is 81.5 Å². The van der Waals surface area contributed by atoms with Crippen LogP contribution in [0.4, 0.5) is 11.4 Å². The smallest absolute Gasteiger partial charge is 0.480 e. The van der Waals surface area contributed by atoms with Crippen molar-refractivity contribution in [1.29, 1.82) is 0 Å². The molecule has 88 heavy (non-hydrogen) atoms. The number of amides is 1. The number of carbonyl (C=O) groups excluding carboxylic acids is 2. The summed E-state index contributed by atoms with van der Waals surface area (Å²) in [7, 11) is 0. The van der Waals surface area contributed by atoms with Gasteiger partial charge in [-0.3, -0.25) is 58.2 Å². The molecule has 1 radical (unpaired) electrons. The molecule has 0 saturated carbocycles. The molecule has 26 nitrogen and oxygen atoms in total. The predicted molar refractivity (Wildman–Crippen MR) is 342 cm³/mol. The number of nitrogens with zero attached hydrogens (tertiary/aromatic N) is 7. The fourth-order valence-corrected chi connectivity index (χ4v) is 11.4. The molecule has 3 aliphatic rings. The quantitative estimate of drug-likeness (QED) is 0.0256. The van der Waals surface area contributed by atoms with Crippen LogP contribution in [0.5, 0.6) is 0 Å². The van der Waals surface area contributed by atoms with Crippen molar-refractivity contribution in [3.05, 3.63) is 55.8 Å². The molecule has 27 heteroatoms. The molecule has 13 N–H and O–H groups in total. The second-order valence-electron chi connectivity index (χ2n) is 23.3. The molecule has 3 saturated heterocycles. The van der Waals surface area contributed by atoms with E-state index in [9.17, 15) is 48.9 Å². The Balaban J connectivity index is 0.0000101. The third kappa shape index (κ3) is 33.5. The van der Waals surface area contributed by atoms with Gasteiger partial charge in [-0.05, 0) is 141 Å². The van der Waals surface area contributed by atoms with E-state index in [4.69, 9.17) is 0 Å². The minimum atomic E-state index is -1.06. The third-order valence-electron chi connectivity index (χ3n) is 16.4.